The SMILES string of the molecule is CN(C)c1c(C#N)cc2c(c1C#N)-c1cn(Cc3ccccc3)nc1-2. The molecule has 1 aliphatic carbocycles. The van der Waals surface area contributed by atoms with E-state index in [1.165, 1.54) is 5.56 Å². The summed E-state index contributed by atoms with van der Waals surface area (Å²) in [7, 11) is 3.70. The van der Waals surface area contributed by atoms with Gasteiger partial charge in [0, 0.05) is 37.0 Å². The topological polar surface area (TPSA) is 68.6 Å². The predicted molar refractivity (Wildman–Crippen MR) is 96.0 cm³/mol. The molecule has 0 saturated heterocycles. The Morgan fingerprint density at radius 1 is 1.08 bits per heavy atom. The summed E-state index contributed by atoms with van der Waals surface area (Å²) in [4.78, 5) is 1.82. The van der Waals surface area contributed by atoms with Crippen LogP contribution >= 0.6 is 0 Å². The molecular formula is C20H15N5. The normalized spacial score (nSPS) is 10.9. The molecule has 5 heteroatoms. The van der Waals surface area contributed by atoms with E-state index >= 15 is 0 Å². The van der Waals surface area contributed by atoms with Crippen molar-refractivity contribution in [1.82, 2.24) is 9.78 Å². The first kappa shape index (κ1) is 15.0. The van der Waals surface area contributed by atoms with Gasteiger partial charge in [0.2, 0.25) is 0 Å². The fourth-order valence-corrected chi connectivity index (χ4v) is 3.39. The molecule has 0 radical (unpaired) electrons. The Morgan fingerprint density at radius 3 is 2.48 bits per heavy atom. The maximum atomic E-state index is 9.68. The Bertz CT molecular complexity index is 1060. The summed E-state index contributed by atoms with van der Waals surface area (Å²) in [5, 5.41) is 23.8. The van der Waals surface area contributed by atoms with Gasteiger partial charge in [0.05, 0.1) is 23.4 Å². The van der Waals surface area contributed by atoms with E-state index in [1.807, 2.05) is 54.1 Å². The lowest BCUT2D eigenvalue weighted by Crippen LogP contribution is -2.15. The minimum Gasteiger partial charge on any atom is -0.376 e. The molecule has 120 valence electrons. The molecular weight excluding hydrogens is 310 g/mol. The zero-order valence-electron chi connectivity index (χ0n) is 14.0. The van der Waals surface area contributed by atoms with Gasteiger partial charge >= 0.3 is 0 Å². The molecule has 1 heterocycles. The first-order valence-corrected chi connectivity index (χ1v) is 7.94. The number of fused-ring (bicyclic) bond motifs is 4. The maximum absolute atomic E-state index is 9.68. The second kappa shape index (κ2) is 5.51. The van der Waals surface area contributed by atoms with Crippen LogP contribution in [0.15, 0.2) is 42.6 Å². The molecule has 2 aromatic carbocycles. The Labute approximate surface area is 146 Å². The van der Waals surface area contributed by atoms with Crippen LogP contribution in [0, 0.1) is 22.7 Å². The van der Waals surface area contributed by atoms with Gasteiger partial charge in [0.1, 0.15) is 17.8 Å². The summed E-state index contributed by atoms with van der Waals surface area (Å²) in [5.41, 5.74) is 6.53. The fourth-order valence-electron chi connectivity index (χ4n) is 3.39. The van der Waals surface area contributed by atoms with Crippen molar-refractivity contribution in [3.63, 3.8) is 0 Å². The highest BCUT2D eigenvalue weighted by atomic mass is 15.3. The van der Waals surface area contributed by atoms with Gasteiger partial charge in [0.25, 0.3) is 0 Å². The Hall–Kier alpha value is -3.57. The van der Waals surface area contributed by atoms with Crippen molar-refractivity contribution in [2.75, 3.05) is 19.0 Å². The molecule has 1 aromatic heterocycles. The largest absolute Gasteiger partial charge is 0.376 e. The van der Waals surface area contributed by atoms with Crippen molar-refractivity contribution in [2.45, 2.75) is 6.54 Å². The van der Waals surface area contributed by atoms with Crippen LogP contribution in [-0.2, 0) is 6.54 Å². The molecule has 1 aliphatic rings. The van der Waals surface area contributed by atoms with Crippen molar-refractivity contribution in [2.24, 2.45) is 0 Å². The minimum absolute atomic E-state index is 0.503. The average Bonchev–Trinajstić information content (AvgIpc) is 2.97. The Morgan fingerprint density at radius 2 is 1.84 bits per heavy atom. The van der Waals surface area contributed by atoms with Gasteiger partial charge in [-0.1, -0.05) is 30.3 Å². The molecule has 3 aromatic rings. The highest BCUT2D eigenvalue weighted by molar-refractivity contribution is 6.06. The third-order valence-corrected chi connectivity index (χ3v) is 4.45. The fraction of sp³-hybridized carbons (Fsp3) is 0.150. The summed E-state index contributed by atoms with van der Waals surface area (Å²) in [6.07, 6.45) is 1.98. The second-order valence-electron chi connectivity index (χ2n) is 6.26. The lowest BCUT2D eigenvalue weighted by atomic mass is 9.81. The molecule has 0 saturated carbocycles. The smallest absolute Gasteiger partial charge is 0.102 e. The summed E-state index contributed by atoms with van der Waals surface area (Å²) in [5.74, 6) is 0. The molecule has 0 bridgehead atoms. The van der Waals surface area contributed by atoms with Gasteiger partial charge in [-0.2, -0.15) is 15.6 Å². The van der Waals surface area contributed by atoms with Crippen LogP contribution in [0.5, 0.6) is 0 Å². The summed E-state index contributed by atoms with van der Waals surface area (Å²) >= 11 is 0. The third kappa shape index (κ3) is 2.18. The molecule has 0 aliphatic heterocycles. The van der Waals surface area contributed by atoms with Crippen LogP contribution in [-0.4, -0.2) is 23.9 Å². The number of benzene rings is 2. The van der Waals surface area contributed by atoms with Crippen molar-refractivity contribution < 1.29 is 0 Å². The van der Waals surface area contributed by atoms with E-state index in [-0.39, 0.29) is 0 Å². The lowest BCUT2D eigenvalue weighted by Gasteiger charge is -2.25. The summed E-state index contributed by atoms with van der Waals surface area (Å²) in [6, 6.07) is 16.4. The zero-order valence-corrected chi connectivity index (χ0v) is 14.0. The van der Waals surface area contributed by atoms with Crippen LogP contribution in [0.25, 0.3) is 22.4 Å². The van der Waals surface area contributed by atoms with Gasteiger partial charge < -0.3 is 4.90 Å². The third-order valence-electron chi connectivity index (χ3n) is 4.45. The van der Waals surface area contributed by atoms with Crippen LogP contribution < -0.4 is 4.90 Å². The number of hydrogen-bond donors (Lipinski definition) is 0. The van der Waals surface area contributed by atoms with Crippen molar-refractivity contribution >= 4 is 5.69 Å². The molecule has 25 heavy (non-hydrogen) atoms. The predicted octanol–water partition coefficient (Wildman–Crippen LogP) is 3.39. The van der Waals surface area contributed by atoms with E-state index in [9.17, 15) is 10.5 Å². The van der Waals surface area contributed by atoms with Gasteiger partial charge in [0.15, 0.2) is 0 Å². The molecule has 4 rings (SSSR count). The van der Waals surface area contributed by atoms with Crippen molar-refractivity contribution in [3.05, 3.63) is 59.3 Å². The number of rotatable bonds is 3. The average molecular weight is 325 g/mol. The molecule has 0 unspecified atom stereocenters. The van der Waals surface area contributed by atoms with E-state index in [4.69, 9.17) is 0 Å². The van der Waals surface area contributed by atoms with E-state index in [2.05, 4.69) is 29.4 Å². The minimum atomic E-state index is 0.503. The van der Waals surface area contributed by atoms with Crippen molar-refractivity contribution in [1.29, 1.82) is 10.5 Å². The second-order valence-corrected chi connectivity index (χ2v) is 6.26. The first-order chi connectivity index (χ1) is 12.1. The van der Waals surface area contributed by atoms with Crippen LogP contribution in [0.2, 0.25) is 0 Å². The Balaban J connectivity index is 1.81. The van der Waals surface area contributed by atoms with Gasteiger partial charge in [-0.05, 0) is 11.6 Å². The Kier molecular flexibility index (Phi) is 3.30. The van der Waals surface area contributed by atoms with Crippen LogP contribution in [0.4, 0.5) is 5.69 Å². The zero-order chi connectivity index (χ0) is 17.6. The quantitative estimate of drug-likeness (QED) is 0.579. The highest BCUT2D eigenvalue weighted by Gasteiger charge is 2.33. The molecule has 0 amide bonds. The van der Waals surface area contributed by atoms with E-state index in [1.54, 1.807) is 0 Å². The van der Waals surface area contributed by atoms with Gasteiger partial charge in [-0.15, -0.1) is 0 Å². The first-order valence-electron chi connectivity index (χ1n) is 7.94. The molecule has 0 atom stereocenters. The monoisotopic (exact) mass is 325 g/mol. The number of anilines is 1. The number of nitrogens with zero attached hydrogens (tertiary/aromatic N) is 5. The molecule has 0 spiro atoms. The summed E-state index contributed by atoms with van der Waals surface area (Å²) in [6.45, 7) is 0.676. The molecule has 5 nitrogen and oxygen atoms in total. The van der Waals surface area contributed by atoms with Gasteiger partial charge in [-0.25, -0.2) is 0 Å². The van der Waals surface area contributed by atoms with E-state index in [0.717, 1.165) is 22.4 Å². The number of hydrogen-bond acceptors (Lipinski definition) is 4. The number of aromatic nitrogens is 2. The van der Waals surface area contributed by atoms with E-state index < -0.39 is 0 Å². The summed E-state index contributed by atoms with van der Waals surface area (Å²) < 4.78 is 1.89. The van der Waals surface area contributed by atoms with Crippen LogP contribution in [0.1, 0.15) is 16.7 Å². The molecule has 0 fully saturated rings. The van der Waals surface area contributed by atoms with E-state index in [0.29, 0.717) is 23.4 Å². The van der Waals surface area contributed by atoms with Gasteiger partial charge in [-0.3, -0.25) is 4.68 Å². The highest BCUT2D eigenvalue weighted by Crippen LogP contribution is 2.51. The van der Waals surface area contributed by atoms with Crippen molar-refractivity contribution in [3.8, 4) is 34.5 Å². The molecule has 0 N–H and O–H groups in total. The van der Waals surface area contributed by atoms with Crippen LogP contribution in [0.3, 0.4) is 0 Å². The maximum Gasteiger partial charge on any atom is 0.102 e. The standard InChI is InChI=1S/C20H15N5/c1-24(2)20-14(9-21)8-15-18(16(20)10-22)17-12-25(23-19(15)17)11-13-6-4-3-5-7-13/h3-8,12H,11H2,1-2H3. The lowest BCUT2D eigenvalue weighted by molar-refractivity contribution is 0.690. The number of nitriles is 2.